The van der Waals surface area contributed by atoms with E-state index >= 15 is 0 Å². The summed E-state index contributed by atoms with van der Waals surface area (Å²) in [4.78, 5) is 25.8. The molecule has 1 aromatic carbocycles. The number of halogens is 1. The second-order valence-corrected chi connectivity index (χ2v) is 8.71. The molecule has 0 bridgehead atoms. The van der Waals surface area contributed by atoms with Crippen LogP contribution >= 0.6 is 23.4 Å². The van der Waals surface area contributed by atoms with E-state index in [-0.39, 0.29) is 6.42 Å². The molecular weight excluding hydrogens is 376 g/mol. The zero-order chi connectivity index (χ0) is 19.3. The van der Waals surface area contributed by atoms with Gasteiger partial charge in [0.05, 0.1) is 5.02 Å². The summed E-state index contributed by atoms with van der Waals surface area (Å²) in [7, 11) is 0. The molecule has 1 aromatic rings. The van der Waals surface area contributed by atoms with Gasteiger partial charge in [-0.15, -0.1) is 0 Å². The molecule has 2 N–H and O–H groups in total. The quantitative estimate of drug-likeness (QED) is 0.782. The molecule has 1 atom stereocenters. The molecule has 1 aliphatic rings. The largest absolute Gasteiger partial charge is 0.459 e. The van der Waals surface area contributed by atoms with Gasteiger partial charge in [0.15, 0.2) is 5.75 Å². The van der Waals surface area contributed by atoms with Crippen molar-refractivity contribution in [3.63, 3.8) is 0 Å². The van der Waals surface area contributed by atoms with E-state index in [1.165, 1.54) is 0 Å². The number of hydrogen-bond acceptors (Lipinski definition) is 6. The fourth-order valence-electron chi connectivity index (χ4n) is 2.37. The van der Waals surface area contributed by atoms with Gasteiger partial charge in [0.2, 0.25) is 0 Å². The molecule has 0 aliphatic carbocycles. The van der Waals surface area contributed by atoms with Crippen molar-refractivity contribution < 1.29 is 19.1 Å². The molecule has 6 nitrogen and oxygen atoms in total. The average molecular weight is 401 g/mol. The molecule has 1 heterocycles. The Morgan fingerprint density at radius 3 is 2.54 bits per heavy atom. The van der Waals surface area contributed by atoms with Crippen molar-refractivity contribution in [3.8, 4) is 5.75 Å². The SMILES string of the molecule is CC(C)(C)OC(=O)[C@@H](N)Cc1ccc(OC(=O)N2CCSCC2)c(Cl)c1. The summed E-state index contributed by atoms with van der Waals surface area (Å²) in [6, 6.07) is 4.23. The van der Waals surface area contributed by atoms with Crippen molar-refractivity contribution in [2.24, 2.45) is 5.73 Å². The first-order valence-electron chi connectivity index (χ1n) is 8.47. The van der Waals surface area contributed by atoms with Gasteiger partial charge in [0, 0.05) is 24.6 Å². The van der Waals surface area contributed by atoms with Crippen LogP contribution in [0.25, 0.3) is 0 Å². The molecule has 26 heavy (non-hydrogen) atoms. The number of rotatable bonds is 4. The maximum Gasteiger partial charge on any atom is 0.415 e. The van der Waals surface area contributed by atoms with Crippen LogP contribution in [0.1, 0.15) is 26.3 Å². The molecule has 1 amide bonds. The van der Waals surface area contributed by atoms with E-state index in [1.54, 1.807) is 43.9 Å². The van der Waals surface area contributed by atoms with Crippen molar-refractivity contribution in [3.05, 3.63) is 28.8 Å². The van der Waals surface area contributed by atoms with E-state index in [4.69, 9.17) is 26.8 Å². The second-order valence-electron chi connectivity index (χ2n) is 7.08. The normalized spacial score (nSPS) is 16.1. The van der Waals surface area contributed by atoms with E-state index in [9.17, 15) is 9.59 Å². The molecule has 0 saturated carbocycles. The summed E-state index contributed by atoms with van der Waals surface area (Å²) in [5.41, 5.74) is 6.09. The summed E-state index contributed by atoms with van der Waals surface area (Å²) >= 11 is 8.04. The van der Waals surface area contributed by atoms with Crippen molar-refractivity contribution >= 4 is 35.4 Å². The van der Waals surface area contributed by atoms with Gasteiger partial charge in [-0.25, -0.2) is 4.79 Å². The van der Waals surface area contributed by atoms with Crippen molar-refractivity contribution in [2.75, 3.05) is 24.6 Å². The van der Waals surface area contributed by atoms with Crippen LogP contribution in [0.15, 0.2) is 18.2 Å². The summed E-state index contributed by atoms with van der Waals surface area (Å²) in [5.74, 6) is 1.64. The van der Waals surface area contributed by atoms with Gasteiger partial charge in [0.1, 0.15) is 11.6 Å². The number of carbonyl (C=O) groups is 2. The number of amides is 1. The lowest BCUT2D eigenvalue weighted by atomic mass is 10.1. The number of carbonyl (C=O) groups excluding carboxylic acids is 2. The number of hydrogen-bond donors (Lipinski definition) is 1. The third-order valence-electron chi connectivity index (χ3n) is 3.63. The molecule has 0 radical (unpaired) electrons. The Kier molecular flexibility index (Phi) is 7.20. The van der Waals surface area contributed by atoms with Crippen molar-refractivity contribution in [1.29, 1.82) is 0 Å². The average Bonchev–Trinajstić information content (AvgIpc) is 2.56. The minimum atomic E-state index is -0.787. The zero-order valence-electron chi connectivity index (χ0n) is 15.3. The number of thioether (sulfide) groups is 1. The molecule has 1 aliphatic heterocycles. The Morgan fingerprint density at radius 2 is 1.96 bits per heavy atom. The molecule has 0 unspecified atom stereocenters. The Bertz CT molecular complexity index is 657. The maximum absolute atomic E-state index is 12.2. The molecular formula is C18H25ClN2O4S. The van der Waals surface area contributed by atoms with Gasteiger partial charge < -0.3 is 20.1 Å². The van der Waals surface area contributed by atoms with Crippen LogP contribution in [0.5, 0.6) is 5.75 Å². The highest BCUT2D eigenvalue weighted by molar-refractivity contribution is 7.99. The highest BCUT2D eigenvalue weighted by atomic mass is 35.5. The molecule has 144 valence electrons. The Morgan fingerprint density at radius 1 is 1.31 bits per heavy atom. The fourth-order valence-corrected chi connectivity index (χ4v) is 3.52. The Hall–Kier alpha value is -1.44. The minimum absolute atomic E-state index is 0.284. The third-order valence-corrected chi connectivity index (χ3v) is 4.87. The molecule has 1 fully saturated rings. The van der Waals surface area contributed by atoms with Gasteiger partial charge in [-0.2, -0.15) is 11.8 Å². The lowest BCUT2D eigenvalue weighted by molar-refractivity contribution is -0.156. The van der Waals surface area contributed by atoms with Gasteiger partial charge in [0.25, 0.3) is 0 Å². The van der Waals surface area contributed by atoms with E-state index < -0.39 is 23.7 Å². The van der Waals surface area contributed by atoms with E-state index in [0.717, 1.165) is 17.1 Å². The smallest absolute Gasteiger partial charge is 0.415 e. The monoisotopic (exact) mass is 400 g/mol. The Balaban J connectivity index is 1.96. The van der Waals surface area contributed by atoms with Crippen LogP contribution in [-0.2, 0) is 16.0 Å². The molecule has 2 rings (SSSR count). The van der Waals surface area contributed by atoms with Crippen molar-refractivity contribution in [1.82, 2.24) is 4.90 Å². The first kappa shape index (κ1) is 20.9. The topological polar surface area (TPSA) is 81.9 Å². The van der Waals surface area contributed by atoms with E-state index in [0.29, 0.717) is 23.9 Å². The summed E-state index contributed by atoms with van der Waals surface area (Å²) in [5, 5.41) is 0.304. The number of nitrogens with zero attached hydrogens (tertiary/aromatic N) is 1. The molecule has 1 saturated heterocycles. The van der Waals surface area contributed by atoms with Gasteiger partial charge in [-0.1, -0.05) is 17.7 Å². The third kappa shape index (κ3) is 6.37. The zero-order valence-corrected chi connectivity index (χ0v) is 16.9. The maximum atomic E-state index is 12.2. The predicted molar refractivity (Wildman–Crippen MR) is 104 cm³/mol. The van der Waals surface area contributed by atoms with E-state index in [1.807, 2.05) is 11.8 Å². The van der Waals surface area contributed by atoms with E-state index in [2.05, 4.69) is 0 Å². The lowest BCUT2D eigenvalue weighted by Crippen LogP contribution is -2.39. The summed E-state index contributed by atoms with van der Waals surface area (Å²) in [6.07, 6.45) is -0.114. The number of esters is 1. The highest BCUT2D eigenvalue weighted by Crippen LogP contribution is 2.27. The van der Waals surface area contributed by atoms with Gasteiger partial charge in [-0.05, 0) is 44.9 Å². The van der Waals surface area contributed by atoms with Crippen LogP contribution in [0.2, 0.25) is 5.02 Å². The molecule has 8 heteroatoms. The summed E-state index contributed by atoms with van der Waals surface area (Å²) < 4.78 is 10.7. The van der Waals surface area contributed by atoms with Crippen LogP contribution in [-0.4, -0.2) is 53.2 Å². The van der Waals surface area contributed by atoms with Crippen LogP contribution in [0, 0.1) is 0 Å². The fraction of sp³-hybridized carbons (Fsp3) is 0.556. The Labute approximate surface area is 163 Å². The number of ether oxygens (including phenoxy) is 2. The molecule has 0 aromatic heterocycles. The van der Waals surface area contributed by atoms with Crippen LogP contribution in [0.3, 0.4) is 0 Å². The predicted octanol–water partition coefficient (Wildman–Crippen LogP) is 3.10. The minimum Gasteiger partial charge on any atom is -0.459 e. The van der Waals surface area contributed by atoms with Gasteiger partial charge in [-0.3, -0.25) is 4.79 Å². The highest BCUT2D eigenvalue weighted by Gasteiger charge is 2.23. The van der Waals surface area contributed by atoms with Crippen molar-refractivity contribution in [2.45, 2.75) is 38.8 Å². The first-order valence-corrected chi connectivity index (χ1v) is 10.0. The summed E-state index contributed by atoms with van der Waals surface area (Å²) in [6.45, 7) is 6.71. The number of benzene rings is 1. The lowest BCUT2D eigenvalue weighted by Gasteiger charge is -2.25. The second kappa shape index (κ2) is 8.97. The van der Waals surface area contributed by atoms with Crippen LogP contribution in [0.4, 0.5) is 4.79 Å². The molecule has 0 spiro atoms. The standard InChI is InChI=1S/C18H25ClN2O4S/c1-18(2,3)25-16(22)14(20)11-12-4-5-15(13(19)10-12)24-17(23)21-6-8-26-9-7-21/h4-5,10,14H,6-9,11,20H2,1-3H3/t14-/m0/s1. The number of nitrogens with two attached hydrogens (primary N) is 1. The van der Waals surface area contributed by atoms with Gasteiger partial charge >= 0.3 is 12.1 Å². The van der Waals surface area contributed by atoms with Crippen LogP contribution < -0.4 is 10.5 Å². The first-order chi connectivity index (χ1) is 12.2.